The second-order valence-corrected chi connectivity index (χ2v) is 5.50. The molecule has 1 atom stereocenters. The number of guanidine groups is 1. The molecular formula is C16H26F3IN4O. The monoisotopic (exact) mass is 474 g/mol. The molecule has 0 radical (unpaired) electrons. The second-order valence-electron chi connectivity index (χ2n) is 5.50. The number of likely N-dealkylation sites (N-methyl/N-ethyl adjacent to an activating group) is 1. The highest BCUT2D eigenvalue weighted by atomic mass is 127. The van der Waals surface area contributed by atoms with Gasteiger partial charge < -0.3 is 20.3 Å². The number of alkyl halides is 3. The van der Waals surface area contributed by atoms with Crippen LogP contribution in [0.3, 0.4) is 0 Å². The Morgan fingerprint density at radius 1 is 1.20 bits per heavy atom. The van der Waals surface area contributed by atoms with Crippen LogP contribution in [0.1, 0.15) is 18.0 Å². The Labute approximate surface area is 164 Å². The summed E-state index contributed by atoms with van der Waals surface area (Å²) >= 11 is 0. The van der Waals surface area contributed by atoms with E-state index in [9.17, 15) is 13.2 Å². The summed E-state index contributed by atoms with van der Waals surface area (Å²) in [5, 5.41) is 5.73. The van der Waals surface area contributed by atoms with Gasteiger partial charge in [-0.05, 0) is 31.8 Å². The smallest absolute Gasteiger partial charge is 0.390 e. The highest BCUT2D eigenvalue weighted by Crippen LogP contribution is 2.21. The third-order valence-corrected chi connectivity index (χ3v) is 3.51. The fourth-order valence-electron chi connectivity index (χ4n) is 2.16. The highest BCUT2D eigenvalue weighted by molar-refractivity contribution is 14.0. The molecule has 5 nitrogen and oxygen atoms in total. The number of benzene rings is 1. The molecule has 2 N–H and O–H groups in total. The van der Waals surface area contributed by atoms with Crippen LogP contribution >= 0.6 is 24.0 Å². The van der Waals surface area contributed by atoms with Crippen LogP contribution in [0.25, 0.3) is 0 Å². The van der Waals surface area contributed by atoms with Crippen molar-refractivity contribution in [1.82, 2.24) is 15.5 Å². The van der Waals surface area contributed by atoms with Gasteiger partial charge in [-0.2, -0.15) is 13.2 Å². The molecule has 1 unspecified atom stereocenters. The van der Waals surface area contributed by atoms with Gasteiger partial charge in [0.2, 0.25) is 0 Å². The van der Waals surface area contributed by atoms with Crippen LogP contribution in [0.2, 0.25) is 0 Å². The molecule has 1 rings (SSSR count). The quantitative estimate of drug-likeness (QED) is 0.363. The normalized spacial score (nSPS) is 13.2. The predicted octanol–water partition coefficient (Wildman–Crippen LogP) is 3.03. The lowest BCUT2D eigenvalue weighted by atomic mass is 10.1. The lowest BCUT2D eigenvalue weighted by Crippen LogP contribution is -2.42. The third-order valence-electron chi connectivity index (χ3n) is 3.51. The Bertz CT molecular complexity index is 521. The summed E-state index contributed by atoms with van der Waals surface area (Å²) in [4.78, 5) is 5.97. The van der Waals surface area contributed by atoms with E-state index < -0.39 is 12.6 Å². The topological polar surface area (TPSA) is 48.9 Å². The number of halogens is 4. The van der Waals surface area contributed by atoms with E-state index in [0.717, 1.165) is 11.3 Å². The first-order chi connectivity index (χ1) is 11.3. The summed E-state index contributed by atoms with van der Waals surface area (Å²) in [5.41, 5.74) is 1.07. The molecule has 0 aliphatic rings. The Morgan fingerprint density at radius 3 is 2.24 bits per heavy atom. The fraction of sp³-hybridized carbons (Fsp3) is 0.562. The zero-order chi connectivity index (χ0) is 18.2. The van der Waals surface area contributed by atoms with Crippen molar-refractivity contribution >= 4 is 29.9 Å². The molecule has 0 aliphatic heterocycles. The summed E-state index contributed by atoms with van der Waals surface area (Å²) in [6, 6.07) is 7.72. The summed E-state index contributed by atoms with van der Waals surface area (Å²) in [6.45, 7) is 0.295. The van der Waals surface area contributed by atoms with Gasteiger partial charge in [-0.1, -0.05) is 12.1 Å². The van der Waals surface area contributed by atoms with Crippen molar-refractivity contribution in [2.75, 3.05) is 41.3 Å². The van der Waals surface area contributed by atoms with Crippen molar-refractivity contribution in [1.29, 1.82) is 0 Å². The van der Waals surface area contributed by atoms with Crippen molar-refractivity contribution in [3.05, 3.63) is 29.8 Å². The molecule has 0 saturated heterocycles. The molecule has 25 heavy (non-hydrogen) atoms. The number of aliphatic imine (C=N–C) groups is 1. The number of nitrogens with zero attached hydrogens (tertiary/aromatic N) is 2. The Kier molecular flexibility index (Phi) is 10.8. The fourth-order valence-corrected chi connectivity index (χ4v) is 2.16. The number of hydrogen-bond donors (Lipinski definition) is 2. The van der Waals surface area contributed by atoms with E-state index in [2.05, 4.69) is 15.6 Å². The van der Waals surface area contributed by atoms with Crippen LogP contribution in [-0.2, 0) is 0 Å². The largest absolute Gasteiger partial charge is 0.497 e. The molecule has 0 spiro atoms. The molecule has 0 aliphatic carbocycles. The molecule has 0 aromatic heterocycles. The molecule has 1 aromatic rings. The van der Waals surface area contributed by atoms with Crippen LogP contribution in [0.15, 0.2) is 29.3 Å². The van der Waals surface area contributed by atoms with Gasteiger partial charge in [-0.25, -0.2) is 0 Å². The highest BCUT2D eigenvalue weighted by Gasteiger charge is 2.26. The van der Waals surface area contributed by atoms with E-state index in [4.69, 9.17) is 4.74 Å². The van der Waals surface area contributed by atoms with Gasteiger partial charge in [-0.3, -0.25) is 4.99 Å². The standard InChI is InChI=1S/C16H25F3N4O.HI/c1-20-15(21-10-9-16(17,18)19)22-11-14(23(2)3)12-5-7-13(24-4)8-6-12;/h5-8,14H,9-11H2,1-4H3,(H2,20,21,22);1H. The van der Waals surface area contributed by atoms with Gasteiger partial charge in [0, 0.05) is 20.1 Å². The zero-order valence-electron chi connectivity index (χ0n) is 14.9. The van der Waals surface area contributed by atoms with Gasteiger partial charge in [-0.15, -0.1) is 24.0 Å². The van der Waals surface area contributed by atoms with E-state index in [1.807, 2.05) is 43.3 Å². The molecule has 0 heterocycles. The minimum Gasteiger partial charge on any atom is -0.497 e. The maximum atomic E-state index is 12.2. The SMILES string of the molecule is CN=C(NCCC(F)(F)F)NCC(c1ccc(OC)cc1)N(C)C.I. The van der Waals surface area contributed by atoms with Crippen LogP contribution in [0, 0.1) is 0 Å². The maximum absolute atomic E-state index is 12.2. The number of methoxy groups -OCH3 is 1. The summed E-state index contributed by atoms with van der Waals surface area (Å²) < 4.78 is 41.7. The van der Waals surface area contributed by atoms with Crippen LogP contribution in [-0.4, -0.2) is 58.4 Å². The Balaban J connectivity index is 0.00000576. The van der Waals surface area contributed by atoms with E-state index in [1.54, 1.807) is 7.11 Å². The molecule has 0 bridgehead atoms. The Hall–Kier alpha value is -1.23. The Morgan fingerprint density at radius 2 is 1.80 bits per heavy atom. The zero-order valence-corrected chi connectivity index (χ0v) is 17.2. The van der Waals surface area contributed by atoms with Crippen molar-refractivity contribution in [2.45, 2.75) is 18.6 Å². The minimum atomic E-state index is -4.18. The maximum Gasteiger partial charge on any atom is 0.390 e. The van der Waals surface area contributed by atoms with Gasteiger partial charge in [0.15, 0.2) is 5.96 Å². The van der Waals surface area contributed by atoms with Crippen molar-refractivity contribution in [3.63, 3.8) is 0 Å². The van der Waals surface area contributed by atoms with Gasteiger partial charge in [0.05, 0.1) is 19.6 Å². The third kappa shape index (κ3) is 9.15. The van der Waals surface area contributed by atoms with E-state index in [1.165, 1.54) is 7.05 Å². The van der Waals surface area contributed by atoms with Gasteiger partial charge in [0.1, 0.15) is 5.75 Å². The number of hydrogen-bond acceptors (Lipinski definition) is 3. The number of rotatable bonds is 7. The van der Waals surface area contributed by atoms with Crippen LogP contribution in [0.5, 0.6) is 5.75 Å². The molecule has 0 saturated carbocycles. The van der Waals surface area contributed by atoms with Gasteiger partial charge in [0.25, 0.3) is 0 Å². The average Bonchev–Trinajstić information content (AvgIpc) is 2.52. The molecule has 0 fully saturated rings. The molecule has 0 amide bonds. The van der Waals surface area contributed by atoms with E-state index in [-0.39, 0.29) is 36.6 Å². The van der Waals surface area contributed by atoms with Gasteiger partial charge >= 0.3 is 6.18 Å². The van der Waals surface area contributed by atoms with Crippen LogP contribution in [0.4, 0.5) is 13.2 Å². The van der Waals surface area contributed by atoms with Crippen molar-refractivity contribution < 1.29 is 17.9 Å². The average molecular weight is 474 g/mol. The molecule has 1 aromatic carbocycles. The number of nitrogens with one attached hydrogen (secondary N) is 2. The molecular weight excluding hydrogens is 448 g/mol. The predicted molar refractivity (Wildman–Crippen MR) is 105 cm³/mol. The first-order valence-corrected chi connectivity index (χ1v) is 7.58. The van der Waals surface area contributed by atoms with Crippen LogP contribution < -0.4 is 15.4 Å². The molecule has 9 heteroatoms. The number of ether oxygens (including phenoxy) is 1. The summed E-state index contributed by atoms with van der Waals surface area (Å²) in [7, 11) is 7.02. The van der Waals surface area contributed by atoms with Crippen molar-refractivity contribution in [2.24, 2.45) is 4.99 Å². The second kappa shape index (κ2) is 11.4. The van der Waals surface area contributed by atoms with E-state index in [0.29, 0.717) is 12.5 Å². The lowest BCUT2D eigenvalue weighted by molar-refractivity contribution is -0.132. The summed E-state index contributed by atoms with van der Waals surface area (Å²) in [5.74, 6) is 1.12. The first kappa shape index (κ1) is 23.8. The summed E-state index contributed by atoms with van der Waals surface area (Å²) in [6.07, 6.45) is -5.08. The lowest BCUT2D eigenvalue weighted by Gasteiger charge is -2.26. The minimum absolute atomic E-state index is 0. The van der Waals surface area contributed by atoms with E-state index >= 15 is 0 Å². The van der Waals surface area contributed by atoms with Crippen molar-refractivity contribution in [3.8, 4) is 5.75 Å². The first-order valence-electron chi connectivity index (χ1n) is 7.58. The molecule has 144 valence electrons.